The highest BCUT2D eigenvalue weighted by Gasteiger charge is 2.52. The molecule has 1 saturated heterocycles. The van der Waals surface area contributed by atoms with E-state index in [9.17, 15) is 18.0 Å². The molecule has 2 aromatic heterocycles. The Morgan fingerprint density at radius 3 is 2.81 bits per heavy atom. The highest BCUT2D eigenvalue weighted by atomic mass is 19.4. The Hall–Kier alpha value is -1.93. The summed E-state index contributed by atoms with van der Waals surface area (Å²) < 4.78 is 46.0. The van der Waals surface area contributed by atoms with E-state index in [-0.39, 0.29) is 25.1 Å². The maximum absolute atomic E-state index is 13.1. The van der Waals surface area contributed by atoms with Crippen LogP contribution in [-0.4, -0.2) is 52.3 Å². The number of rotatable bonds is 3. The Morgan fingerprint density at radius 2 is 2.08 bits per heavy atom. The Labute approximate surface area is 149 Å². The molecule has 1 fully saturated rings. The van der Waals surface area contributed by atoms with Crippen molar-refractivity contribution >= 4 is 5.65 Å². The third-order valence-corrected chi connectivity index (χ3v) is 5.05. The van der Waals surface area contributed by atoms with Crippen molar-refractivity contribution in [2.24, 2.45) is 0 Å². The predicted molar refractivity (Wildman–Crippen MR) is 91.4 cm³/mol. The minimum Gasteiger partial charge on any atom is -0.364 e. The van der Waals surface area contributed by atoms with Gasteiger partial charge in [-0.2, -0.15) is 13.2 Å². The number of nitrogens with zero attached hydrogens (tertiary/aromatic N) is 3. The van der Waals surface area contributed by atoms with Crippen LogP contribution in [-0.2, 0) is 11.2 Å². The molecule has 3 rings (SSSR count). The van der Waals surface area contributed by atoms with Crippen LogP contribution >= 0.6 is 0 Å². The fourth-order valence-corrected chi connectivity index (χ4v) is 3.20. The molecule has 1 aliphatic heterocycles. The van der Waals surface area contributed by atoms with Crippen molar-refractivity contribution in [2.75, 3.05) is 26.2 Å². The maximum Gasteiger partial charge on any atom is 0.417 e. The summed E-state index contributed by atoms with van der Waals surface area (Å²) in [5, 5.41) is 0. The van der Waals surface area contributed by atoms with Crippen molar-refractivity contribution in [3.05, 3.63) is 46.0 Å². The molecule has 26 heavy (non-hydrogen) atoms. The number of aromatic nitrogens is 2. The van der Waals surface area contributed by atoms with Crippen LogP contribution in [0.4, 0.5) is 13.2 Å². The number of alkyl halides is 3. The van der Waals surface area contributed by atoms with Gasteiger partial charge in [-0.15, -0.1) is 0 Å². The summed E-state index contributed by atoms with van der Waals surface area (Å²) in [7, 11) is 0. The highest BCUT2D eigenvalue weighted by Crippen LogP contribution is 2.37. The molecule has 0 radical (unpaired) electrons. The monoisotopic (exact) mass is 369 g/mol. The lowest BCUT2D eigenvalue weighted by Gasteiger charge is -2.30. The molecule has 1 aliphatic rings. The van der Waals surface area contributed by atoms with Gasteiger partial charge >= 0.3 is 6.18 Å². The van der Waals surface area contributed by atoms with Gasteiger partial charge in [0.05, 0.1) is 6.61 Å². The van der Waals surface area contributed by atoms with E-state index < -0.39 is 11.8 Å². The first-order valence-corrected chi connectivity index (χ1v) is 8.61. The standard InChI is InChI=1S/C18H22F3N3O2/c1-13-14(16(25)24-8-4-3-5-15(24)22-13)6-9-23-10-7-17(2,18(19,20)21)26-12-11-23/h3-5,8H,6-7,9-12H2,1-2H3. The van der Waals surface area contributed by atoms with Crippen LogP contribution in [0.2, 0.25) is 0 Å². The third-order valence-electron chi connectivity index (χ3n) is 5.05. The van der Waals surface area contributed by atoms with Crippen LogP contribution in [0, 0.1) is 6.92 Å². The van der Waals surface area contributed by atoms with Crippen LogP contribution in [0.25, 0.3) is 5.65 Å². The topological polar surface area (TPSA) is 46.8 Å². The second-order valence-corrected chi connectivity index (χ2v) is 6.83. The fourth-order valence-electron chi connectivity index (χ4n) is 3.20. The molecular formula is C18H22F3N3O2. The van der Waals surface area contributed by atoms with E-state index >= 15 is 0 Å². The second-order valence-electron chi connectivity index (χ2n) is 6.83. The van der Waals surface area contributed by atoms with E-state index in [0.717, 1.165) is 6.92 Å². The van der Waals surface area contributed by atoms with E-state index in [1.54, 1.807) is 25.3 Å². The molecule has 2 aromatic rings. The molecule has 8 heteroatoms. The fraction of sp³-hybridized carbons (Fsp3) is 0.556. The average molecular weight is 369 g/mol. The quantitative estimate of drug-likeness (QED) is 0.834. The largest absolute Gasteiger partial charge is 0.417 e. The number of hydrogen-bond donors (Lipinski definition) is 0. The Balaban J connectivity index is 1.72. The summed E-state index contributed by atoms with van der Waals surface area (Å²) in [5.74, 6) is 0. The van der Waals surface area contributed by atoms with E-state index in [1.165, 1.54) is 4.40 Å². The van der Waals surface area contributed by atoms with Crippen molar-refractivity contribution in [2.45, 2.75) is 38.5 Å². The van der Waals surface area contributed by atoms with Crippen molar-refractivity contribution < 1.29 is 17.9 Å². The zero-order chi connectivity index (χ0) is 18.9. The number of aryl methyl sites for hydroxylation is 1. The van der Waals surface area contributed by atoms with Gasteiger partial charge < -0.3 is 9.64 Å². The molecule has 142 valence electrons. The summed E-state index contributed by atoms with van der Waals surface area (Å²) >= 11 is 0. The third kappa shape index (κ3) is 3.61. The summed E-state index contributed by atoms with van der Waals surface area (Å²) in [4.78, 5) is 19.0. The summed E-state index contributed by atoms with van der Waals surface area (Å²) in [5.41, 5.74) is -0.395. The van der Waals surface area contributed by atoms with E-state index in [0.29, 0.717) is 36.4 Å². The molecule has 5 nitrogen and oxygen atoms in total. The van der Waals surface area contributed by atoms with Gasteiger partial charge in [-0.3, -0.25) is 9.20 Å². The van der Waals surface area contributed by atoms with E-state index in [4.69, 9.17) is 4.74 Å². The molecule has 0 spiro atoms. The first-order valence-electron chi connectivity index (χ1n) is 8.61. The maximum atomic E-state index is 13.1. The second kappa shape index (κ2) is 7.00. The summed E-state index contributed by atoms with van der Waals surface area (Å²) in [6, 6.07) is 5.34. The van der Waals surface area contributed by atoms with Crippen LogP contribution in [0.1, 0.15) is 24.6 Å². The van der Waals surface area contributed by atoms with Crippen LogP contribution in [0.3, 0.4) is 0 Å². The lowest BCUT2D eigenvalue weighted by atomic mass is 10.0. The Kier molecular flexibility index (Phi) is 5.07. The van der Waals surface area contributed by atoms with Gasteiger partial charge in [0.1, 0.15) is 5.65 Å². The van der Waals surface area contributed by atoms with Crippen molar-refractivity contribution in [1.29, 1.82) is 0 Å². The smallest absolute Gasteiger partial charge is 0.364 e. The van der Waals surface area contributed by atoms with Gasteiger partial charge in [0.25, 0.3) is 5.56 Å². The van der Waals surface area contributed by atoms with Gasteiger partial charge in [0.15, 0.2) is 5.60 Å². The van der Waals surface area contributed by atoms with Gasteiger partial charge in [-0.05, 0) is 38.8 Å². The number of ether oxygens (including phenoxy) is 1. The first kappa shape index (κ1) is 18.8. The Morgan fingerprint density at radius 1 is 1.31 bits per heavy atom. The molecular weight excluding hydrogens is 347 g/mol. The number of halogens is 3. The van der Waals surface area contributed by atoms with Crippen molar-refractivity contribution in [1.82, 2.24) is 14.3 Å². The molecule has 0 amide bonds. The molecule has 0 N–H and O–H groups in total. The zero-order valence-corrected chi connectivity index (χ0v) is 14.8. The van der Waals surface area contributed by atoms with E-state index in [2.05, 4.69) is 4.98 Å². The van der Waals surface area contributed by atoms with Crippen molar-refractivity contribution in [3.8, 4) is 0 Å². The average Bonchev–Trinajstić information content (AvgIpc) is 2.77. The SMILES string of the molecule is Cc1nc2ccccn2c(=O)c1CCN1CCOC(C)(C(F)(F)F)CC1. The van der Waals surface area contributed by atoms with Gasteiger partial charge in [0.2, 0.25) is 0 Å². The predicted octanol–water partition coefficient (Wildman–Crippen LogP) is 2.59. The minimum absolute atomic E-state index is 0.0178. The van der Waals surface area contributed by atoms with Crippen LogP contribution in [0.5, 0.6) is 0 Å². The Bertz CT molecular complexity index is 850. The molecule has 1 unspecified atom stereocenters. The molecule has 0 aliphatic carbocycles. The highest BCUT2D eigenvalue weighted by molar-refractivity contribution is 5.40. The van der Waals surface area contributed by atoms with Gasteiger partial charge in [-0.25, -0.2) is 4.98 Å². The van der Waals surface area contributed by atoms with E-state index in [1.807, 2.05) is 11.0 Å². The lowest BCUT2D eigenvalue weighted by molar-refractivity contribution is -0.269. The zero-order valence-electron chi connectivity index (χ0n) is 14.8. The molecule has 0 bridgehead atoms. The van der Waals surface area contributed by atoms with Gasteiger partial charge in [-0.1, -0.05) is 6.07 Å². The molecule has 1 atom stereocenters. The first-order chi connectivity index (χ1) is 12.2. The van der Waals surface area contributed by atoms with Crippen LogP contribution < -0.4 is 5.56 Å². The molecule has 0 saturated carbocycles. The molecule has 3 heterocycles. The summed E-state index contributed by atoms with van der Waals surface area (Å²) in [6.45, 7) is 4.08. The molecule has 0 aromatic carbocycles. The van der Waals surface area contributed by atoms with Crippen LogP contribution in [0.15, 0.2) is 29.2 Å². The lowest BCUT2D eigenvalue weighted by Crippen LogP contribution is -2.45. The van der Waals surface area contributed by atoms with Gasteiger partial charge in [0, 0.05) is 37.1 Å². The number of pyridine rings is 1. The normalized spacial score (nSPS) is 22.5. The van der Waals surface area contributed by atoms with Crippen molar-refractivity contribution in [3.63, 3.8) is 0 Å². The number of hydrogen-bond acceptors (Lipinski definition) is 4. The number of fused-ring (bicyclic) bond motifs is 1. The minimum atomic E-state index is -4.39. The summed E-state index contributed by atoms with van der Waals surface area (Å²) in [6.07, 6.45) is -2.40.